The molecule has 0 radical (unpaired) electrons. The van der Waals surface area contributed by atoms with Gasteiger partial charge in [-0.1, -0.05) is 19.3 Å². The van der Waals surface area contributed by atoms with Crippen molar-refractivity contribution in [1.29, 1.82) is 0 Å². The zero-order valence-electron chi connectivity index (χ0n) is 14.6. The van der Waals surface area contributed by atoms with E-state index in [9.17, 15) is 14.4 Å². The van der Waals surface area contributed by atoms with Gasteiger partial charge in [0.2, 0.25) is 5.91 Å². The zero-order valence-corrected chi connectivity index (χ0v) is 14.6. The monoisotopic (exact) mass is 324 g/mol. The van der Waals surface area contributed by atoms with E-state index in [0.717, 1.165) is 19.3 Å². The highest BCUT2D eigenvalue weighted by molar-refractivity contribution is 6.07. The fraction of sp³-hybridized carbons (Fsp3) is 0.812. The van der Waals surface area contributed by atoms with Crippen LogP contribution in [0.2, 0.25) is 0 Å². The van der Waals surface area contributed by atoms with E-state index in [0.29, 0.717) is 12.8 Å². The van der Waals surface area contributed by atoms with Crippen molar-refractivity contribution >= 4 is 17.8 Å². The number of rotatable bonds is 4. The van der Waals surface area contributed by atoms with Crippen molar-refractivity contribution in [1.82, 2.24) is 20.4 Å². The standard InChI is InChI=1S/C16H28N4O3/c1-15(2,3)17-12(21)10-19(4)11-20-13(22)16(18-14(20)23)8-6-5-7-9-16/h5-11H2,1-4H3,(H,17,21)(H,18,23). The molecule has 0 atom stereocenters. The third-order valence-corrected chi connectivity index (χ3v) is 4.26. The minimum atomic E-state index is -0.705. The molecule has 7 heteroatoms. The first kappa shape index (κ1) is 17.7. The lowest BCUT2D eigenvalue weighted by molar-refractivity contribution is -0.134. The van der Waals surface area contributed by atoms with E-state index in [1.807, 2.05) is 20.8 Å². The normalized spacial score (nSPS) is 21.0. The van der Waals surface area contributed by atoms with Crippen LogP contribution in [0.1, 0.15) is 52.9 Å². The van der Waals surface area contributed by atoms with Gasteiger partial charge in [-0.15, -0.1) is 0 Å². The highest BCUT2D eigenvalue weighted by Crippen LogP contribution is 2.33. The Bertz CT molecular complexity index is 492. The van der Waals surface area contributed by atoms with Crippen molar-refractivity contribution in [3.63, 3.8) is 0 Å². The van der Waals surface area contributed by atoms with Gasteiger partial charge in [0.15, 0.2) is 0 Å². The average molecular weight is 324 g/mol. The van der Waals surface area contributed by atoms with Crippen molar-refractivity contribution in [2.75, 3.05) is 20.3 Å². The van der Waals surface area contributed by atoms with Crippen molar-refractivity contribution < 1.29 is 14.4 Å². The van der Waals surface area contributed by atoms with Crippen molar-refractivity contribution in [3.8, 4) is 0 Å². The van der Waals surface area contributed by atoms with Gasteiger partial charge < -0.3 is 10.6 Å². The maximum absolute atomic E-state index is 12.7. The summed E-state index contributed by atoms with van der Waals surface area (Å²) in [4.78, 5) is 39.7. The summed E-state index contributed by atoms with van der Waals surface area (Å²) >= 11 is 0. The number of likely N-dealkylation sites (N-methyl/N-ethyl adjacent to an activating group) is 1. The van der Waals surface area contributed by atoms with Crippen LogP contribution < -0.4 is 10.6 Å². The maximum atomic E-state index is 12.7. The number of carbonyl (C=O) groups excluding carboxylic acids is 3. The summed E-state index contributed by atoms with van der Waals surface area (Å²) in [6, 6.07) is -0.347. The van der Waals surface area contributed by atoms with Gasteiger partial charge in [-0.25, -0.2) is 9.69 Å². The molecular weight excluding hydrogens is 296 g/mol. The molecule has 1 saturated heterocycles. The highest BCUT2D eigenvalue weighted by Gasteiger charge is 2.51. The summed E-state index contributed by atoms with van der Waals surface area (Å²) in [5, 5.41) is 5.75. The molecule has 23 heavy (non-hydrogen) atoms. The van der Waals surface area contributed by atoms with Crippen LogP contribution >= 0.6 is 0 Å². The van der Waals surface area contributed by atoms with Gasteiger partial charge in [0.25, 0.3) is 5.91 Å². The van der Waals surface area contributed by atoms with Crippen LogP contribution in [-0.4, -0.2) is 59.0 Å². The Kier molecular flexibility index (Phi) is 4.98. The lowest BCUT2D eigenvalue weighted by Crippen LogP contribution is -2.50. The molecule has 2 rings (SSSR count). The number of carbonyl (C=O) groups is 3. The molecule has 4 amide bonds. The summed E-state index contributed by atoms with van der Waals surface area (Å²) in [5.41, 5.74) is -1.01. The van der Waals surface area contributed by atoms with Gasteiger partial charge in [0, 0.05) is 5.54 Å². The topological polar surface area (TPSA) is 81.8 Å². The predicted molar refractivity (Wildman–Crippen MR) is 86.6 cm³/mol. The second-order valence-electron chi connectivity index (χ2n) is 7.76. The lowest BCUT2D eigenvalue weighted by Gasteiger charge is -2.31. The van der Waals surface area contributed by atoms with Gasteiger partial charge in [-0.3, -0.25) is 14.5 Å². The van der Waals surface area contributed by atoms with E-state index < -0.39 is 5.54 Å². The summed E-state index contributed by atoms with van der Waals surface area (Å²) in [7, 11) is 1.73. The molecule has 0 unspecified atom stereocenters. The number of amides is 4. The molecule has 1 heterocycles. The molecule has 1 spiro atoms. The van der Waals surface area contributed by atoms with E-state index in [1.165, 1.54) is 4.90 Å². The van der Waals surface area contributed by atoms with E-state index in [4.69, 9.17) is 0 Å². The number of nitrogens with one attached hydrogen (secondary N) is 2. The van der Waals surface area contributed by atoms with Crippen molar-refractivity contribution in [2.24, 2.45) is 0 Å². The molecule has 0 aromatic carbocycles. The first-order valence-electron chi connectivity index (χ1n) is 8.27. The number of hydrogen-bond donors (Lipinski definition) is 2. The van der Waals surface area contributed by atoms with Gasteiger partial charge in [0.05, 0.1) is 13.2 Å². The summed E-state index contributed by atoms with van der Waals surface area (Å²) < 4.78 is 0. The van der Waals surface area contributed by atoms with Crippen LogP contribution in [0.5, 0.6) is 0 Å². The van der Waals surface area contributed by atoms with Gasteiger partial charge in [-0.2, -0.15) is 0 Å². The minimum absolute atomic E-state index is 0.126. The number of urea groups is 1. The smallest absolute Gasteiger partial charge is 0.326 e. The Labute approximate surface area is 137 Å². The van der Waals surface area contributed by atoms with Gasteiger partial charge >= 0.3 is 6.03 Å². The molecular formula is C16H28N4O3. The first-order valence-corrected chi connectivity index (χ1v) is 8.27. The molecule has 2 aliphatic rings. The van der Waals surface area contributed by atoms with E-state index >= 15 is 0 Å². The largest absolute Gasteiger partial charge is 0.350 e. The molecule has 0 bridgehead atoms. The number of nitrogens with zero attached hydrogens (tertiary/aromatic N) is 2. The van der Waals surface area contributed by atoms with Crippen molar-refractivity contribution in [2.45, 2.75) is 64.0 Å². The lowest BCUT2D eigenvalue weighted by atomic mass is 9.82. The van der Waals surface area contributed by atoms with Crippen molar-refractivity contribution in [3.05, 3.63) is 0 Å². The Morgan fingerprint density at radius 2 is 1.87 bits per heavy atom. The zero-order chi connectivity index (χ0) is 17.3. The summed E-state index contributed by atoms with van der Waals surface area (Å²) in [6.07, 6.45) is 4.45. The summed E-state index contributed by atoms with van der Waals surface area (Å²) in [5.74, 6) is -0.273. The Morgan fingerprint density at radius 3 is 2.43 bits per heavy atom. The highest BCUT2D eigenvalue weighted by atomic mass is 16.2. The van der Waals surface area contributed by atoms with Crippen LogP contribution in [0.25, 0.3) is 0 Å². The SMILES string of the molecule is CN(CC(=O)NC(C)(C)C)CN1C(=O)NC2(CCCCC2)C1=O. The second kappa shape index (κ2) is 6.47. The summed E-state index contributed by atoms with van der Waals surface area (Å²) in [6.45, 7) is 6.00. The average Bonchev–Trinajstić information content (AvgIpc) is 2.62. The van der Waals surface area contributed by atoms with Gasteiger partial charge in [-0.05, 0) is 40.7 Å². The van der Waals surface area contributed by atoms with Crippen LogP contribution in [0.4, 0.5) is 4.79 Å². The molecule has 7 nitrogen and oxygen atoms in total. The fourth-order valence-electron chi connectivity index (χ4n) is 3.29. The van der Waals surface area contributed by atoms with E-state index in [-0.39, 0.29) is 36.6 Å². The fourth-order valence-corrected chi connectivity index (χ4v) is 3.29. The predicted octanol–water partition coefficient (Wildman–Crippen LogP) is 1.05. The third-order valence-electron chi connectivity index (χ3n) is 4.26. The maximum Gasteiger partial charge on any atom is 0.326 e. The molecule has 1 aliphatic heterocycles. The van der Waals surface area contributed by atoms with Crippen LogP contribution in [0.3, 0.4) is 0 Å². The van der Waals surface area contributed by atoms with E-state index in [2.05, 4.69) is 10.6 Å². The Morgan fingerprint density at radius 1 is 1.26 bits per heavy atom. The second-order valence-corrected chi connectivity index (χ2v) is 7.76. The molecule has 1 aliphatic carbocycles. The molecule has 130 valence electrons. The first-order chi connectivity index (χ1) is 10.6. The van der Waals surface area contributed by atoms with Crippen LogP contribution in [-0.2, 0) is 9.59 Å². The number of hydrogen-bond acceptors (Lipinski definition) is 4. The quantitative estimate of drug-likeness (QED) is 0.757. The minimum Gasteiger partial charge on any atom is -0.350 e. The van der Waals surface area contributed by atoms with E-state index in [1.54, 1.807) is 11.9 Å². The number of imide groups is 1. The molecule has 1 saturated carbocycles. The van der Waals surface area contributed by atoms with Gasteiger partial charge in [0.1, 0.15) is 5.54 Å². The molecule has 2 fully saturated rings. The van der Waals surface area contributed by atoms with Crippen LogP contribution in [0, 0.1) is 0 Å². The third kappa shape index (κ3) is 4.22. The molecule has 2 N–H and O–H groups in total. The van der Waals surface area contributed by atoms with Crippen LogP contribution in [0.15, 0.2) is 0 Å². The Balaban J connectivity index is 1.93. The Hall–Kier alpha value is -1.63. The molecule has 0 aromatic rings. The molecule has 0 aromatic heterocycles.